The fourth-order valence-corrected chi connectivity index (χ4v) is 6.53. The van der Waals surface area contributed by atoms with E-state index in [9.17, 15) is 13.2 Å². The fourth-order valence-electron chi connectivity index (χ4n) is 4.58. The van der Waals surface area contributed by atoms with Crippen molar-refractivity contribution in [3.05, 3.63) is 30.3 Å². The Morgan fingerprint density at radius 1 is 0.903 bits per heavy atom. The van der Waals surface area contributed by atoms with Crippen molar-refractivity contribution in [1.82, 2.24) is 15.1 Å². The fraction of sp³-hybridized carbons (Fsp3) is 0.571. The molecule has 2 saturated carbocycles. The number of hydrogen-bond donors (Lipinski definition) is 2. The van der Waals surface area contributed by atoms with E-state index in [0.717, 1.165) is 62.7 Å². The van der Waals surface area contributed by atoms with E-state index in [4.69, 9.17) is 0 Å². The molecule has 2 fully saturated rings. The first-order chi connectivity index (χ1) is 15.0. The lowest BCUT2D eigenvalue weighted by Gasteiger charge is -2.41. The Balaban J connectivity index is 1.47. The molecule has 1 aromatic heterocycles. The van der Waals surface area contributed by atoms with Crippen LogP contribution in [-0.2, 0) is 10.0 Å². The molecule has 0 saturated heterocycles. The van der Waals surface area contributed by atoms with E-state index in [1.54, 1.807) is 30.3 Å². The zero-order valence-electron chi connectivity index (χ0n) is 17.5. The lowest BCUT2D eigenvalue weighted by molar-refractivity contribution is 0.114. The van der Waals surface area contributed by atoms with Gasteiger partial charge in [0, 0.05) is 17.8 Å². The number of carbonyl (C=O) groups is 1. The van der Waals surface area contributed by atoms with Crippen molar-refractivity contribution in [1.29, 1.82) is 0 Å². The summed E-state index contributed by atoms with van der Waals surface area (Å²) in [7, 11) is -3.86. The molecule has 0 bridgehead atoms. The van der Waals surface area contributed by atoms with Crippen molar-refractivity contribution in [2.45, 2.75) is 80.6 Å². The van der Waals surface area contributed by atoms with Gasteiger partial charge in [0.2, 0.25) is 5.13 Å². The van der Waals surface area contributed by atoms with E-state index in [0.29, 0.717) is 5.69 Å². The monoisotopic (exact) mass is 463 g/mol. The van der Waals surface area contributed by atoms with Gasteiger partial charge in [0.15, 0.2) is 0 Å². The van der Waals surface area contributed by atoms with Crippen molar-refractivity contribution in [2.24, 2.45) is 0 Å². The van der Waals surface area contributed by atoms with Gasteiger partial charge in [0.25, 0.3) is 14.4 Å². The predicted octanol–water partition coefficient (Wildman–Crippen LogP) is 4.84. The molecule has 31 heavy (non-hydrogen) atoms. The number of aromatic nitrogens is 2. The van der Waals surface area contributed by atoms with Crippen LogP contribution in [0.3, 0.4) is 0 Å². The maximum atomic E-state index is 13.2. The molecule has 2 aliphatic rings. The van der Waals surface area contributed by atoms with Crippen LogP contribution in [0.15, 0.2) is 34.7 Å². The molecular weight excluding hydrogens is 434 g/mol. The minimum Gasteiger partial charge on any atom is -0.319 e. The van der Waals surface area contributed by atoms with Gasteiger partial charge in [-0.1, -0.05) is 68.1 Å². The zero-order chi connectivity index (χ0) is 21.7. The summed E-state index contributed by atoms with van der Waals surface area (Å²) in [6.07, 6.45) is 11.1. The van der Waals surface area contributed by atoms with Gasteiger partial charge < -0.3 is 4.90 Å². The molecule has 168 valence electrons. The number of amides is 2. The van der Waals surface area contributed by atoms with Crippen LogP contribution in [-0.4, -0.2) is 41.6 Å². The average Bonchev–Trinajstić information content (AvgIpc) is 3.25. The quantitative estimate of drug-likeness (QED) is 0.597. The Hall–Kier alpha value is -2.20. The molecule has 0 atom stereocenters. The molecule has 2 N–H and O–H groups in total. The molecule has 0 spiro atoms. The Labute approximate surface area is 187 Å². The van der Waals surface area contributed by atoms with Crippen molar-refractivity contribution in [2.75, 3.05) is 10.0 Å². The first kappa shape index (κ1) is 22.0. The predicted molar refractivity (Wildman–Crippen MR) is 122 cm³/mol. The Morgan fingerprint density at radius 2 is 1.48 bits per heavy atom. The number of sulfonamides is 1. The second kappa shape index (κ2) is 9.95. The molecule has 2 aliphatic carbocycles. The minimum absolute atomic E-state index is 0.173. The molecule has 2 aromatic rings. The van der Waals surface area contributed by atoms with Gasteiger partial charge in [-0.05, 0) is 37.8 Å². The number of anilines is 2. The number of hydrogen-bond acceptors (Lipinski definition) is 6. The number of nitrogens with one attached hydrogen (secondary N) is 2. The summed E-state index contributed by atoms with van der Waals surface area (Å²) in [6, 6.07) is 8.92. The second-order valence-corrected chi connectivity index (χ2v) is 11.1. The highest BCUT2D eigenvalue weighted by atomic mass is 32.2. The standard InChI is InChI=1S/C21H29N5O3S2/c27-20(26(17-12-6-2-7-13-17)18-14-8-3-9-15-18)22-19-23-24-21(30-19)31(28,29)25-16-10-4-1-5-11-16/h1,4-5,10-11,17-18,25H,2-3,6-9,12-15H2,(H,22,23,27). The molecule has 10 heteroatoms. The molecule has 4 rings (SSSR count). The number of nitrogens with zero attached hydrogens (tertiary/aromatic N) is 3. The minimum atomic E-state index is -3.86. The maximum absolute atomic E-state index is 13.2. The van der Waals surface area contributed by atoms with Gasteiger partial charge >= 0.3 is 6.03 Å². The van der Waals surface area contributed by atoms with Crippen molar-refractivity contribution < 1.29 is 13.2 Å². The summed E-state index contributed by atoms with van der Waals surface area (Å²) >= 11 is 0.867. The van der Waals surface area contributed by atoms with Crippen LogP contribution < -0.4 is 10.0 Å². The highest BCUT2D eigenvalue weighted by Gasteiger charge is 2.33. The lowest BCUT2D eigenvalue weighted by Crippen LogP contribution is -2.50. The number of benzene rings is 1. The van der Waals surface area contributed by atoms with Gasteiger partial charge in [-0.25, -0.2) is 4.79 Å². The largest absolute Gasteiger partial charge is 0.324 e. The number of rotatable bonds is 6. The molecule has 1 aromatic carbocycles. The number of carbonyl (C=O) groups excluding carboxylic acids is 1. The topological polar surface area (TPSA) is 104 Å². The van der Waals surface area contributed by atoms with Gasteiger partial charge in [-0.2, -0.15) is 8.42 Å². The molecule has 0 unspecified atom stereocenters. The van der Waals surface area contributed by atoms with E-state index in [1.807, 2.05) is 4.90 Å². The van der Waals surface area contributed by atoms with Gasteiger partial charge in [0.05, 0.1) is 0 Å². The van der Waals surface area contributed by atoms with Crippen LogP contribution in [0.4, 0.5) is 15.6 Å². The molecule has 1 heterocycles. The van der Waals surface area contributed by atoms with E-state index >= 15 is 0 Å². The van der Waals surface area contributed by atoms with Gasteiger partial charge in [-0.15, -0.1) is 10.2 Å². The molecular formula is C21H29N5O3S2. The van der Waals surface area contributed by atoms with Crippen LogP contribution in [0.5, 0.6) is 0 Å². The smallest absolute Gasteiger partial charge is 0.319 e. The van der Waals surface area contributed by atoms with Crippen LogP contribution in [0, 0.1) is 0 Å². The Bertz CT molecular complexity index is 950. The highest BCUT2D eigenvalue weighted by Crippen LogP contribution is 2.31. The summed E-state index contributed by atoms with van der Waals surface area (Å²) < 4.78 is 27.5. The third-order valence-corrected chi connectivity index (χ3v) is 8.63. The van der Waals surface area contributed by atoms with Crippen LogP contribution in [0.1, 0.15) is 64.2 Å². The first-order valence-corrected chi connectivity index (χ1v) is 13.3. The van der Waals surface area contributed by atoms with Crippen molar-refractivity contribution in [3.8, 4) is 0 Å². The Kier molecular flexibility index (Phi) is 7.06. The molecule has 2 amide bonds. The summed E-state index contributed by atoms with van der Waals surface area (Å²) in [5.41, 5.74) is 0.448. The van der Waals surface area contributed by atoms with E-state index in [2.05, 4.69) is 20.2 Å². The maximum Gasteiger partial charge on any atom is 0.324 e. The number of urea groups is 1. The van der Waals surface area contributed by atoms with Gasteiger partial charge in [0.1, 0.15) is 0 Å². The van der Waals surface area contributed by atoms with E-state index < -0.39 is 10.0 Å². The van der Waals surface area contributed by atoms with Crippen LogP contribution >= 0.6 is 11.3 Å². The third-order valence-electron chi connectivity index (χ3n) is 6.05. The zero-order valence-corrected chi connectivity index (χ0v) is 19.1. The molecule has 8 nitrogen and oxygen atoms in total. The Morgan fingerprint density at radius 3 is 2.06 bits per heavy atom. The summed E-state index contributed by atoms with van der Waals surface area (Å²) in [4.78, 5) is 15.3. The van der Waals surface area contributed by atoms with Crippen molar-refractivity contribution in [3.63, 3.8) is 0 Å². The summed E-state index contributed by atoms with van der Waals surface area (Å²) in [5.74, 6) is 0. The average molecular weight is 464 g/mol. The molecule has 0 aliphatic heterocycles. The summed E-state index contributed by atoms with van der Waals surface area (Å²) in [5, 5.41) is 10.8. The third kappa shape index (κ3) is 5.54. The van der Waals surface area contributed by atoms with Crippen molar-refractivity contribution >= 4 is 38.2 Å². The number of para-hydroxylation sites is 1. The molecule has 0 radical (unpaired) electrons. The lowest BCUT2D eigenvalue weighted by atomic mass is 9.89. The van der Waals surface area contributed by atoms with Gasteiger partial charge in [-0.3, -0.25) is 10.0 Å². The highest BCUT2D eigenvalue weighted by molar-refractivity contribution is 7.94. The summed E-state index contributed by atoms with van der Waals surface area (Å²) in [6.45, 7) is 0. The van der Waals surface area contributed by atoms with E-state index in [1.165, 1.54) is 12.8 Å². The first-order valence-electron chi connectivity index (χ1n) is 11.0. The normalized spacial score (nSPS) is 18.5. The van der Waals surface area contributed by atoms with E-state index in [-0.39, 0.29) is 27.6 Å². The SMILES string of the molecule is O=C(Nc1nnc(S(=O)(=O)Nc2ccccc2)s1)N(C1CCCCC1)C1CCCCC1. The van der Waals surface area contributed by atoms with Crippen LogP contribution in [0.25, 0.3) is 0 Å². The van der Waals surface area contributed by atoms with Crippen LogP contribution in [0.2, 0.25) is 0 Å². The second-order valence-electron chi connectivity index (χ2n) is 8.27.